The lowest BCUT2D eigenvalue weighted by molar-refractivity contribution is 0.0936. The maximum atomic E-state index is 11.7. The smallest absolute Gasteiger partial charge is 0.273 e. The first-order chi connectivity index (χ1) is 7.79. The molecule has 1 fully saturated rings. The zero-order valence-corrected chi connectivity index (χ0v) is 9.36. The van der Waals surface area contributed by atoms with E-state index in [-0.39, 0.29) is 5.91 Å². The van der Waals surface area contributed by atoms with E-state index in [1.807, 2.05) is 6.92 Å². The molecule has 1 aromatic heterocycles. The molecule has 0 saturated carbocycles. The van der Waals surface area contributed by atoms with Crippen LogP contribution >= 0.6 is 0 Å². The maximum absolute atomic E-state index is 11.7. The van der Waals surface area contributed by atoms with E-state index in [2.05, 4.69) is 10.5 Å². The van der Waals surface area contributed by atoms with Gasteiger partial charge < -0.3 is 14.6 Å². The molecule has 1 aliphatic heterocycles. The van der Waals surface area contributed by atoms with Crippen molar-refractivity contribution in [1.82, 2.24) is 10.5 Å². The first-order valence-corrected chi connectivity index (χ1v) is 5.61. The monoisotopic (exact) mass is 224 g/mol. The van der Waals surface area contributed by atoms with Gasteiger partial charge in [-0.2, -0.15) is 0 Å². The normalized spacial score (nSPS) is 19.9. The highest BCUT2D eigenvalue weighted by atomic mass is 16.5. The predicted molar refractivity (Wildman–Crippen MR) is 57.1 cm³/mol. The number of amides is 1. The van der Waals surface area contributed by atoms with Crippen LogP contribution in [0.3, 0.4) is 0 Å². The number of aryl methyl sites for hydroxylation is 1. The van der Waals surface area contributed by atoms with Gasteiger partial charge >= 0.3 is 0 Å². The Labute approximate surface area is 94.1 Å². The van der Waals surface area contributed by atoms with E-state index in [0.717, 1.165) is 31.8 Å². The van der Waals surface area contributed by atoms with E-state index in [4.69, 9.17) is 9.26 Å². The van der Waals surface area contributed by atoms with Crippen molar-refractivity contribution in [3.63, 3.8) is 0 Å². The number of carbonyl (C=O) groups excluding carboxylic acids is 1. The van der Waals surface area contributed by atoms with Crippen LogP contribution in [0.4, 0.5) is 0 Å². The van der Waals surface area contributed by atoms with Crippen LogP contribution in [0.25, 0.3) is 0 Å². The van der Waals surface area contributed by atoms with Crippen LogP contribution in [-0.2, 0) is 11.2 Å². The number of hydrogen-bond acceptors (Lipinski definition) is 4. The molecule has 1 amide bonds. The van der Waals surface area contributed by atoms with Gasteiger partial charge in [-0.15, -0.1) is 0 Å². The summed E-state index contributed by atoms with van der Waals surface area (Å²) < 4.78 is 10.2. The van der Waals surface area contributed by atoms with Crippen molar-refractivity contribution in [2.24, 2.45) is 5.92 Å². The molecule has 2 rings (SSSR count). The molecule has 16 heavy (non-hydrogen) atoms. The van der Waals surface area contributed by atoms with E-state index in [1.165, 1.54) is 0 Å². The minimum Gasteiger partial charge on any atom is -0.381 e. The van der Waals surface area contributed by atoms with Gasteiger partial charge in [0.05, 0.1) is 6.61 Å². The molecule has 0 aromatic carbocycles. The Morgan fingerprint density at radius 3 is 3.19 bits per heavy atom. The molecular formula is C11H16N2O3. The lowest BCUT2D eigenvalue weighted by Gasteiger charge is -2.07. The lowest BCUT2D eigenvalue weighted by Crippen LogP contribution is -2.29. The molecule has 0 aliphatic carbocycles. The van der Waals surface area contributed by atoms with E-state index in [0.29, 0.717) is 18.2 Å². The summed E-state index contributed by atoms with van der Waals surface area (Å²) in [4.78, 5) is 11.7. The van der Waals surface area contributed by atoms with Crippen molar-refractivity contribution in [2.75, 3.05) is 19.8 Å². The average Bonchev–Trinajstić information content (AvgIpc) is 2.96. The zero-order valence-electron chi connectivity index (χ0n) is 9.36. The minimum absolute atomic E-state index is 0.171. The highest BCUT2D eigenvalue weighted by Gasteiger charge is 2.18. The molecule has 1 aromatic rings. The standard InChI is InChI=1S/C11H16N2O3/c1-2-9-5-10(13-16-9)11(14)12-6-8-3-4-15-7-8/h5,8H,2-4,6-7H2,1H3,(H,12,14). The fourth-order valence-corrected chi connectivity index (χ4v) is 1.66. The summed E-state index contributed by atoms with van der Waals surface area (Å²) in [5.41, 5.74) is 0.357. The molecule has 88 valence electrons. The highest BCUT2D eigenvalue weighted by molar-refractivity contribution is 5.92. The Balaban J connectivity index is 1.82. The van der Waals surface area contributed by atoms with Crippen LogP contribution in [0.2, 0.25) is 0 Å². The third kappa shape index (κ3) is 2.61. The zero-order chi connectivity index (χ0) is 11.4. The van der Waals surface area contributed by atoms with Crippen LogP contribution < -0.4 is 5.32 Å². The second-order valence-electron chi connectivity index (χ2n) is 3.97. The molecule has 0 bridgehead atoms. The van der Waals surface area contributed by atoms with Gasteiger partial charge in [0, 0.05) is 31.6 Å². The molecular weight excluding hydrogens is 208 g/mol. The third-order valence-electron chi connectivity index (χ3n) is 2.72. The van der Waals surface area contributed by atoms with E-state index in [1.54, 1.807) is 6.07 Å². The number of nitrogens with one attached hydrogen (secondary N) is 1. The molecule has 1 atom stereocenters. The van der Waals surface area contributed by atoms with Crippen LogP contribution in [0.5, 0.6) is 0 Å². The average molecular weight is 224 g/mol. The second kappa shape index (κ2) is 5.12. The molecule has 5 heteroatoms. The number of ether oxygens (including phenoxy) is 1. The SMILES string of the molecule is CCc1cc(C(=O)NCC2CCOC2)no1. The van der Waals surface area contributed by atoms with Crippen molar-refractivity contribution in [3.05, 3.63) is 17.5 Å². The Morgan fingerprint density at radius 2 is 2.56 bits per heavy atom. The summed E-state index contributed by atoms with van der Waals surface area (Å²) in [6.45, 7) is 4.13. The van der Waals surface area contributed by atoms with E-state index < -0.39 is 0 Å². The Bertz CT molecular complexity index is 356. The Hall–Kier alpha value is -1.36. The summed E-state index contributed by atoms with van der Waals surface area (Å²) in [5, 5.41) is 6.55. The van der Waals surface area contributed by atoms with Gasteiger partial charge in [-0.3, -0.25) is 4.79 Å². The highest BCUT2D eigenvalue weighted by Crippen LogP contribution is 2.11. The molecule has 0 radical (unpaired) electrons. The van der Waals surface area contributed by atoms with Gasteiger partial charge in [-0.1, -0.05) is 12.1 Å². The summed E-state index contributed by atoms with van der Waals surface area (Å²) >= 11 is 0. The van der Waals surface area contributed by atoms with Crippen LogP contribution in [0.1, 0.15) is 29.6 Å². The van der Waals surface area contributed by atoms with Crippen molar-refractivity contribution in [2.45, 2.75) is 19.8 Å². The van der Waals surface area contributed by atoms with Crippen molar-refractivity contribution in [1.29, 1.82) is 0 Å². The summed E-state index contributed by atoms with van der Waals surface area (Å²) in [6, 6.07) is 1.68. The topological polar surface area (TPSA) is 64.4 Å². The van der Waals surface area contributed by atoms with Crippen LogP contribution in [-0.4, -0.2) is 30.8 Å². The van der Waals surface area contributed by atoms with Crippen molar-refractivity contribution < 1.29 is 14.1 Å². The predicted octanol–water partition coefficient (Wildman–Crippen LogP) is 1.00. The summed E-state index contributed by atoms with van der Waals surface area (Å²) in [7, 11) is 0. The fraction of sp³-hybridized carbons (Fsp3) is 0.636. The van der Waals surface area contributed by atoms with Crippen molar-refractivity contribution in [3.8, 4) is 0 Å². The molecule has 0 spiro atoms. The van der Waals surface area contributed by atoms with Crippen LogP contribution in [0, 0.1) is 5.92 Å². The largest absolute Gasteiger partial charge is 0.381 e. The van der Waals surface area contributed by atoms with Gasteiger partial charge in [-0.25, -0.2) is 0 Å². The van der Waals surface area contributed by atoms with Gasteiger partial charge in [0.2, 0.25) is 0 Å². The number of aromatic nitrogens is 1. The molecule has 1 unspecified atom stereocenters. The maximum Gasteiger partial charge on any atom is 0.273 e. The van der Waals surface area contributed by atoms with Gasteiger partial charge in [0.25, 0.3) is 5.91 Å². The van der Waals surface area contributed by atoms with Gasteiger partial charge in [-0.05, 0) is 6.42 Å². The fourth-order valence-electron chi connectivity index (χ4n) is 1.66. The lowest BCUT2D eigenvalue weighted by atomic mass is 10.1. The molecule has 2 heterocycles. The molecule has 5 nitrogen and oxygen atoms in total. The summed E-state index contributed by atoms with van der Waals surface area (Å²) in [5.74, 6) is 0.992. The number of hydrogen-bond donors (Lipinski definition) is 1. The number of carbonyl (C=O) groups is 1. The molecule has 1 N–H and O–H groups in total. The quantitative estimate of drug-likeness (QED) is 0.828. The first kappa shape index (κ1) is 11.1. The second-order valence-corrected chi connectivity index (χ2v) is 3.97. The van der Waals surface area contributed by atoms with Gasteiger partial charge in [0.1, 0.15) is 5.76 Å². The Kier molecular flexibility index (Phi) is 3.56. The third-order valence-corrected chi connectivity index (χ3v) is 2.72. The first-order valence-electron chi connectivity index (χ1n) is 5.61. The molecule has 1 aliphatic rings. The van der Waals surface area contributed by atoms with E-state index >= 15 is 0 Å². The number of rotatable bonds is 4. The van der Waals surface area contributed by atoms with E-state index in [9.17, 15) is 4.79 Å². The minimum atomic E-state index is -0.171. The van der Waals surface area contributed by atoms with Crippen molar-refractivity contribution >= 4 is 5.91 Å². The molecule has 1 saturated heterocycles. The van der Waals surface area contributed by atoms with Gasteiger partial charge in [0.15, 0.2) is 5.69 Å². The number of nitrogens with zero attached hydrogens (tertiary/aromatic N) is 1. The Morgan fingerprint density at radius 1 is 1.69 bits per heavy atom. The van der Waals surface area contributed by atoms with Crippen LogP contribution in [0.15, 0.2) is 10.6 Å². The summed E-state index contributed by atoms with van der Waals surface area (Å²) in [6.07, 6.45) is 1.76.